The quantitative estimate of drug-likeness (QED) is 0.317. The summed E-state index contributed by atoms with van der Waals surface area (Å²) in [6.07, 6.45) is -4.42. The molecule has 0 unspecified atom stereocenters. The maximum Gasteiger partial charge on any atom is 0.416 e. The van der Waals surface area contributed by atoms with Crippen LogP contribution in [0.2, 0.25) is 0 Å². The highest BCUT2D eigenvalue weighted by Crippen LogP contribution is 2.32. The number of halogens is 4. The smallest absolute Gasteiger partial charge is 0.368 e. The minimum Gasteiger partial charge on any atom is -0.368 e. The number of amides is 1. The van der Waals surface area contributed by atoms with E-state index in [4.69, 9.17) is 0 Å². The molecule has 6 nitrogen and oxygen atoms in total. The summed E-state index contributed by atoms with van der Waals surface area (Å²) in [5.41, 5.74) is 1.52. The van der Waals surface area contributed by atoms with Crippen LogP contribution in [0.1, 0.15) is 42.5 Å². The second-order valence-electron chi connectivity index (χ2n) is 10.4. The number of aromatic nitrogens is 3. The van der Waals surface area contributed by atoms with Crippen molar-refractivity contribution in [1.82, 2.24) is 19.5 Å². The number of alkyl halides is 3. The van der Waals surface area contributed by atoms with Gasteiger partial charge in [0.2, 0.25) is 0 Å². The molecular weight excluding hydrogens is 498 g/mol. The van der Waals surface area contributed by atoms with Crippen molar-refractivity contribution in [3.05, 3.63) is 83.4 Å². The molecule has 4 aromatic rings. The van der Waals surface area contributed by atoms with Crippen LogP contribution in [0.15, 0.2) is 60.7 Å². The molecule has 0 atom stereocenters. The molecule has 0 N–H and O–H groups in total. The molecule has 1 fully saturated rings. The SMILES string of the molecule is CC(C)(C)c1cc2nc(C(=O)N3CCN(c4cccc(C(F)(F)F)c4)CC3)cc(-c3ccccc3F)n2n1. The van der Waals surface area contributed by atoms with E-state index in [-0.39, 0.29) is 17.0 Å². The van der Waals surface area contributed by atoms with Gasteiger partial charge >= 0.3 is 6.18 Å². The summed E-state index contributed by atoms with van der Waals surface area (Å²) >= 11 is 0. The van der Waals surface area contributed by atoms with Gasteiger partial charge in [-0.15, -0.1) is 0 Å². The summed E-state index contributed by atoms with van der Waals surface area (Å²) in [4.78, 5) is 21.5. The topological polar surface area (TPSA) is 53.7 Å². The van der Waals surface area contributed by atoms with E-state index in [1.54, 1.807) is 45.8 Å². The number of anilines is 1. The third-order valence-electron chi connectivity index (χ3n) is 6.67. The van der Waals surface area contributed by atoms with Crippen molar-refractivity contribution in [2.24, 2.45) is 0 Å². The Morgan fingerprint density at radius 1 is 0.895 bits per heavy atom. The molecule has 2 aromatic carbocycles. The average Bonchev–Trinajstić information content (AvgIpc) is 3.33. The molecule has 0 bridgehead atoms. The fourth-order valence-corrected chi connectivity index (χ4v) is 4.52. The van der Waals surface area contributed by atoms with Gasteiger partial charge in [-0.1, -0.05) is 39.0 Å². The van der Waals surface area contributed by atoms with Gasteiger partial charge in [0.1, 0.15) is 11.5 Å². The van der Waals surface area contributed by atoms with E-state index in [0.717, 1.165) is 17.8 Å². The molecule has 0 aliphatic carbocycles. The van der Waals surface area contributed by atoms with Crippen LogP contribution in [0.3, 0.4) is 0 Å². The Bertz CT molecular complexity index is 1500. The fourth-order valence-electron chi connectivity index (χ4n) is 4.52. The van der Waals surface area contributed by atoms with Crippen LogP contribution in [-0.2, 0) is 11.6 Å². The highest BCUT2D eigenvalue weighted by molar-refractivity contribution is 5.94. The second kappa shape index (κ2) is 9.41. The Kier molecular flexibility index (Phi) is 6.36. The molecule has 0 saturated carbocycles. The van der Waals surface area contributed by atoms with Gasteiger partial charge in [0.05, 0.1) is 17.0 Å². The van der Waals surface area contributed by atoms with E-state index in [1.165, 1.54) is 12.1 Å². The van der Waals surface area contributed by atoms with Crippen LogP contribution in [-0.4, -0.2) is 51.6 Å². The molecular formula is C28H27F4N5O. The van der Waals surface area contributed by atoms with Gasteiger partial charge in [0.15, 0.2) is 5.65 Å². The van der Waals surface area contributed by atoms with Crippen LogP contribution < -0.4 is 4.90 Å². The first-order valence-corrected chi connectivity index (χ1v) is 12.3. The normalized spacial score (nSPS) is 14.8. The Morgan fingerprint density at radius 3 is 2.26 bits per heavy atom. The molecule has 1 aliphatic heterocycles. The lowest BCUT2D eigenvalue weighted by Gasteiger charge is -2.36. The summed E-state index contributed by atoms with van der Waals surface area (Å²) in [6, 6.07) is 14.8. The number of piperazine rings is 1. The predicted octanol–water partition coefficient (Wildman–Crippen LogP) is 5.81. The summed E-state index contributed by atoms with van der Waals surface area (Å²) in [5.74, 6) is -0.770. The number of carbonyl (C=O) groups excluding carboxylic acids is 1. The fraction of sp³-hybridized carbons (Fsp3) is 0.321. The van der Waals surface area contributed by atoms with Gasteiger partial charge in [-0.25, -0.2) is 13.9 Å². The van der Waals surface area contributed by atoms with E-state index < -0.39 is 17.6 Å². The highest BCUT2D eigenvalue weighted by atomic mass is 19.4. The molecule has 1 saturated heterocycles. The largest absolute Gasteiger partial charge is 0.416 e. The van der Waals surface area contributed by atoms with Gasteiger partial charge in [-0.2, -0.15) is 18.3 Å². The summed E-state index contributed by atoms with van der Waals surface area (Å²) in [7, 11) is 0. The third-order valence-corrected chi connectivity index (χ3v) is 6.67. The third kappa shape index (κ3) is 4.94. The van der Waals surface area contributed by atoms with E-state index in [0.29, 0.717) is 48.8 Å². The van der Waals surface area contributed by atoms with Gasteiger partial charge in [-0.3, -0.25) is 4.79 Å². The van der Waals surface area contributed by atoms with Crippen LogP contribution in [0.5, 0.6) is 0 Å². The van der Waals surface area contributed by atoms with Crippen molar-refractivity contribution in [1.29, 1.82) is 0 Å². The monoisotopic (exact) mass is 525 g/mol. The van der Waals surface area contributed by atoms with Crippen LogP contribution in [0.4, 0.5) is 23.2 Å². The van der Waals surface area contributed by atoms with Crippen LogP contribution in [0.25, 0.3) is 16.9 Å². The second-order valence-corrected chi connectivity index (χ2v) is 10.4. The summed E-state index contributed by atoms with van der Waals surface area (Å²) in [6.45, 7) is 7.38. The number of nitrogens with zero attached hydrogens (tertiary/aromatic N) is 5. The standard InChI is InChI=1S/C28H27F4N5O/c1-27(2,3)24-17-25-33-22(16-23(37(25)34-24)20-9-4-5-10-21(20)29)26(38)36-13-11-35(12-14-36)19-8-6-7-18(15-19)28(30,31)32/h4-10,15-17H,11-14H2,1-3H3. The first kappa shape index (κ1) is 25.7. The summed E-state index contributed by atoms with van der Waals surface area (Å²) in [5, 5.41) is 4.66. The first-order chi connectivity index (χ1) is 17.9. The zero-order valence-electron chi connectivity index (χ0n) is 21.3. The predicted molar refractivity (Wildman–Crippen MR) is 137 cm³/mol. The number of carbonyl (C=O) groups is 1. The van der Waals surface area contributed by atoms with Gasteiger partial charge in [-0.05, 0) is 36.4 Å². The van der Waals surface area contributed by atoms with Crippen LogP contribution in [0, 0.1) is 5.82 Å². The average molecular weight is 526 g/mol. The zero-order chi connectivity index (χ0) is 27.2. The molecule has 1 aliphatic rings. The maximum atomic E-state index is 14.8. The lowest BCUT2D eigenvalue weighted by Crippen LogP contribution is -2.49. The molecule has 0 spiro atoms. The minimum atomic E-state index is -4.42. The van der Waals surface area contributed by atoms with Crippen molar-refractivity contribution < 1.29 is 22.4 Å². The van der Waals surface area contributed by atoms with Crippen LogP contribution >= 0.6 is 0 Å². The van der Waals surface area contributed by atoms with E-state index in [1.807, 2.05) is 25.7 Å². The lowest BCUT2D eigenvalue weighted by atomic mass is 9.93. The Hall–Kier alpha value is -3.95. The molecule has 10 heteroatoms. The number of benzene rings is 2. The number of rotatable bonds is 3. The van der Waals surface area contributed by atoms with E-state index >= 15 is 0 Å². The molecule has 198 valence electrons. The first-order valence-electron chi connectivity index (χ1n) is 12.3. The molecule has 5 rings (SSSR count). The molecule has 0 radical (unpaired) electrons. The van der Waals surface area contributed by atoms with Gasteiger partial charge < -0.3 is 9.80 Å². The van der Waals surface area contributed by atoms with Crippen molar-refractivity contribution in [2.45, 2.75) is 32.4 Å². The zero-order valence-corrected chi connectivity index (χ0v) is 21.3. The Morgan fingerprint density at radius 2 is 1.61 bits per heavy atom. The number of fused-ring (bicyclic) bond motifs is 1. The van der Waals surface area contributed by atoms with Gasteiger partial charge in [0.25, 0.3) is 5.91 Å². The van der Waals surface area contributed by atoms with E-state index in [9.17, 15) is 22.4 Å². The Balaban J connectivity index is 1.44. The van der Waals surface area contributed by atoms with Crippen molar-refractivity contribution in [2.75, 3.05) is 31.1 Å². The Labute approximate surface area is 217 Å². The maximum absolute atomic E-state index is 14.8. The highest BCUT2D eigenvalue weighted by Gasteiger charge is 2.32. The lowest BCUT2D eigenvalue weighted by molar-refractivity contribution is -0.137. The molecule has 3 heterocycles. The van der Waals surface area contributed by atoms with Gasteiger partial charge in [0, 0.05) is 48.9 Å². The number of hydrogen-bond donors (Lipinski definition) is 0. The minimum absolute atomic E-state index is 0.156. The van der Waals surface area contributed by atoms with Crippen molar-refractivity contribution >= 4 is 17.2 Å². The summed E-state index contributed by atoms with van der Waals surface area (Å²) < 4.78 is 55.8. The number of hydrogen-bond acceptors (Lipinski definition) is 4. The molecule has 38 heavy (non-hydrogen) atoms. The van der Waals surface area contributed by atoms with Crippen molar-refractivity contribution in [3.63, 3.8) is 0 Å². The van der Waals surface area contributed by atoms with E-state index in [2.05, 4.69) is 10.1 Å². The van der Waals surface area contributed by atoms with Crippen molar-refractivity contribution in [3.8, 4) is 11.3 Å². The molecule has 1 amide bonds. The molecule has 2 aromatic heterocycles.